The van der Waals surface area contributed by atoms with Gasteiger partial charge < -0.3 is 15.0 Å². The largest absolute Gasteiger partial charge is 0.453 e. The molecular formula is C15H21BrN2O2. The number of likely N-dealkylation sites (tertiary alicyclic amines) is 1. The predicted octanol–water partition coefficient (Wildman–Crippen LogP) is 2.81. The normalized spacial score (nSPS) is 16.2. The lowest BCUT2D eigenvalue weighted by molar-refractivity contribution is 0.110. The minimum Gasteiger partial charge on any atom is -0.453 e. The molecule has 1 aliphatic heterocycles. The molecule has 1 saturated heterocycles. The summed E-state index contributed by atoms with van der Waals surface area (Å²) in [6.07, 6.45) is 2.81. The lowest BCUT2D eigenvalue weighted by Crippen LogP contribution is -2.45. The zero-order valence-corrected chi connectivity index (χ0v) is 13.4. The summed E-state index contributed by atoms with van der Waals surface area (Å²) >= 11 is 3.44. The molecule has 1 aliphatic rings. The first-order valence-electron chi connectivity index (χ1n) is 7.00. The molecule has 110 valence electrons. The van der Waals surface area contributed by atoms with Crippen molar-refractivity contribution in [2.75, 3.05) is 26.7 Å². The second-order valence-electron chi connectivity index (χ2n) is 5.06. The van der Waals surface area contributed by atoms with Crippen LogP contribution in [0.15, 0.2) is 28.7 Å². The molecule has 0 aromatic heterocycles. The second kappa shape index (κ2) is 7.64. The van der Waals surface area contributed by atoms with Crippen LogP contribution < -0.4 is 5.32 Å². The molecule has 1 amide bonds. The highest BCUT2D eigenvalue weighted by molar-refractivity contribution is 9.10. The molecule has 1 heterocycles. The monoisotopic (exact) mass is 340 g/mol. The number of hydrogen-bond acceptors (Lipinski definition) is 3. The van der Waals surface area contributed by atoms with Crippen LogP contribution >= 0.6 is 15.9 Å². The maximum atomic E-state index is 11.4. The van der Waals surface area contributed by atoms with Gasteiger partial charge in [0.05, 0.1) is 7.11 Å². The average molecular weight is 341 g/mol. The standard InChI is InChI=1S/C15H21BrN2O2/c1-20-15(19)18-10-7-14(8-11-18)17-9-6-12-2-4-13(16)5-3-12/h2-5,14,17H,6-11H2,1H3. The van der Waals surface area contributed by atoms with Crippen LogP contribution in [0, 0.1) is 0 Å². The molecule has 0 unspecified atom stereocenters. The molecule has 0 atom stereocenters. The molecule has 2 rings (SSSR count). The van der Waals surface area contributed by atoms with Gasteiger partial charge in [-0.2, -0.15) is 0 Å². The molecule has 5 heteroatoms. The summed E-state index contributed by atoms with van der Waals surface area (Å²) in [4.78, 5) is 13.2. The number of nitrogens with zero attached hydrogens (tertiary/aromatic N) is 1. The highest BCUT2D eigenvalue weighted by atomic mass is 79.9. The Labute approximate surface area is 128 Å². The molecule has 0 bridgehead atoms. The first-order valence-corrected chi connectivity index (χ1v) is 7.79. The quantitative estimate of drug-likeness (QED) is 0.916. The fraction of sp³-hybridized carbons (Fsp3) is 0.533. The van der Waals surface area contributed by atoms with E-state index in [9.17, 15) is 4.79 Å². The Bertz CT molecular complexity index is 428. The molecule has 0 spiro atoms. The summed E-state index contributed by atoms with van der Waals surface area (Å²) in [5, 5.41) is 3.57. The number of carbonyl (C=O) groups is 1. The van der Waals surface area contributed by atoms with Crippen LogP contribution in [0.5, 0.6) is 0 Å². The van der Waals surface area contributed by atoms with Crippen LogP contribution in [0.1, 0.15) is 18.4 Å². The van der Waals surface area contributed by atoms with Crippen molar-refractivity contribution >= 4 is 22.0 Å². The maximum Gasteiger partial charge on any atom is 0.409 e. The molecule has 0 saturated carbocycles. The lowest BCUT2D eigenvalue weighted by atomic mass is 10.0. The number of amides is 1. The van der Waals surface area contributed by atoms with Crippen molar-refractivity contribution < 1.29 is 9.53 Å². The van der Waals surface area contributed by atoms with Gasteiger partial charge in [0.1, 0.15) is 0 Å². The summed E-state index contributed by atoms with van der Waals surface area (Å²) in [5.74, 6) is 0. The number of ether oxygens (including phenoxy) is 1. The first kappa shape index (κ1) is 15.3. The van der Waals surface area contributed by atoms with Gasteiger partial charge in [-0.3, -0.25) is 0 Å². The van der Waals surface area contributed by atoms with Crippen molar-refractivity contribution in [2.45, 2.75) is 25.3 Å². The lowest BCUT2D eigenvalue weighted by Gasteiger charge is -2.31. The van der Waals surface area contributed by atoms with Gasteiger partial charge in [0.15, 0.2) is 0 Å². The summed E-state index contributed by atoms with van der Waals surface area (Å²) in [5.41, 5.74) is 1.34. The summed E-state index contributed by atoms with van der Waals surface area (Å²) in [6, 6.07) is 8.94. The maximum absolute atomic E-state index is 11.4. The van der Waals surface area contributed by atoms with Gasteiger partial charge in [-0.25, -0.2) is 4.79 Å². The van der Waals surface area contributed by atoms with Crippen molar-refractivity contribution in [3.63, 3.8) is 0 Å². The molecule has 1 aromatic carbocycles. The molecule has 20 heavy (non-hydrogen) atoms. The number of halogens is 1. The van der Waals surface area contributed by atoms with Gasteiger partial charge in [0, 0.05) is 23.6 Å². The van der Waals surface area contributed by atoms with E-state index < -0.39 is 0 Å². The fourth-order valence-electron chi connectivity index (χ4n) is 2.47. The SMILES string of the molecule is COC(=O)N1CCC(NCCc2ccc(Br)cc2)CC1. The van der Waals surface area contributed by atoms with Crippen molar-refractivity contribution in [3.05, 3.63) is 34.3 Å². The van der Waals surface area contributed by atoms with Crippen LogP contribution in [0.3, 0.4) is 0 Å². The van der Waals surface area contributed by atoms with E-state index in [1.807, 2.05) is 0 Å². The first-order chi connectivity index (χ1) is 9.69. The second-order valence-corrected chi connectivity index (χ2v) is 5.98. The molecule has 1 aromatic rings. The molecule has 0 radical (unpaired) electrons. The third-order valence-electron chi connectivity index (χ3n) is 3.69. The Kier molecular flexibility index (Phi) is 5.86. The molecule has 0 aliphatic carbocycles. The Hall–Kier alpha value is -1.07. The number of hydrogen-bond donors (Lipinski definition) is 1. The van der Waals surface area contributed by atoms with Crippen LogP contribution in [-0.4, -0.2) is 43.8 Å². The Morgan fingerprint density at radius 1 is 1.35 bits per heavy atom. The van der Waals surface area contributed by atoms with Crippen molar-refractivity contribution in [1.29, 1.82) is 0 Å². The number of nitrogens with one attached hydrogen (secondary N) is 1. The van der Waals surface area contributed by atoms with Crippen LogP contribution in [0.2, 0.25) is 0 Å². The van der Waals surface area contributed by atoms with Gasteiger partial charge in [-0.1, -0.05) is 28.1 Å². The number of benzene rings is 1. The van der Waals surface area contributed by atoms with E-state index >= 15 is 0 Å². The predicted molar refractivity (Wildman–Crippen MR) is 82.8 cm³/mol. The topological polar surface area (TPSA) is 41.6 Å². The van der Waals surface area contributed by atoms with Crippen molar-refractivity contribution in [1.82, 2.24) is 10.2 Å². The van der Waals surface area contributed by atoms with E-state index in [1.54, 1.807) is 4.90 Å². The number of rotatable bonds is 4. The van der Waals surface area contributed by atoms with Crippen LogP contribution in [-0.2, 0) is 11.2 Å². The minimum atomic E-state index is -0.210. The molecule has 1 fully saturated rings. The van der Waals surface area contributed by atoms with E-state index in [2.05, 4.69) is 45.5 Å². The fourth-order valence-corrected chi connectivity index (χ4v) is 2.73. The molecule has 1 N–H and O–H groups in total. The zero-order valence-electron chi connectivity index (χ0n) is 11.8. The average Bonchev–Trinajstić information content (AvgIpc) is 2.49. The number of carbonyl (C=O) groups excluding carboxylic acids is 1. The highest BCUT2D eigenvalue weighted by Crippen LogP contribution is 2.12. The van der Waals surface area contributed by atoms with E-state index in [4.69, 9.17) is 4.74 Å². The van der Waals surface area contributed by atoms with Gasteiger partial charge in [0.25, 0.3) is 0 Å². The Morgan fingerprint density at radius 2 is 2.00 bits per heavy atom. The van der Waals surface area contributed by atoms with Gasteiger partial charge in [-0.05, 0) is 43.5 Å². The summed E-state index contributed by atoms with van der Waals surface area (Å²) < 4.78 is 5.85. The van der Waals surface area contributed by atoms with Crippen molar-refractivity contribution in [2.24, 2.45) is 0 Å². The third kappa shape index (κ3) is 4.49. The van der Waals surface area contributed by atoms with E-state index in [-0.39, 0.29) is 6.09 Å². The van der Waals surface area contributed by atoms with Crippen LogP contribution in [0.4, 0.5) is 4.79 Å². The minimum absolute atomic E-state index is 0.210. The zero-order chi connectivity index (χ0) is 14.4. The van der Waals surface area contributed by atoms with Gasteiger partial charge >= 0.3 is 6.09 Å². The summed E-state index contributed by atoms with van der Waals surface area (Å²) in [7, 11) is 1.44. The number of piperidine rings is 1. The molecule has 4 nitrogen and oxygen atoms in total. The molecular weight excluding hydrogens is 320 g/mol. The highest BCUT2D eigenvalue weighted by Gasteiger charge is 2.22. The van der Waals surface area contributed by atoms with Crippen molar-refractivity contribution in [3.8, 4) is 0 Å². The van der Waals surface area contributed by atoms with Gasteiger partial charge in [0.2, 0.25) is 0 Å². The van der Waals surface area contributed by atoms with E-state index in [0.29, 0.717) is 6.04 Å². The number of methoxy groups -OCH3 is 1. The summed E-state index contributed by atoms with van der Waals surface area (Å²) in [6.45, 7) is 2.54. The van der Waals surface area contributed by atoms with Crippen LogP contribution in [0.25, 0.3) is 0 Å². The van der Waals surface area contributed by atoms with E-state index in [0.717, 1.165) is 43.4 Å². The van der Waals surface area contributed by atoms with E-state index in [1.165, 1.54) is 12.7 Å². The van der Waals surface area contributed by atoms with Gasteiger partial charge in [-0.15, -0.1) is 0 Å². The Balaban J connectivity index is 1.66. The smallest absolute Gasteiger partial charge is 0.409 e. The Morgan fingerprint density at radius 3 is 2.60 bits per heavy atom. The third-order valence-corrected chi connectivity index (χ3v) is 4.22.